The van der Waals surface area contributed by atoms with Crippen molar-refractivity contribution in [3.8, 4) is 0 Å². The van der Waals surface area contributed by atoms with E-state index in [4.69, 9.17) is 0 Å². The van der Waals surface area contributed by atoms with Gasteiger partial charge in [-0.1, -0.05) is 0 Å². The van der Waals surface area contributed by atoms with E-state index in [0.717, 1.165) is 22.2 Å². The molecule has 1 aromatic carbocycles. The number of aryl methyl sites for hydroxylation is 1. The molecule has 1 saturated heterocycles. The van der Waals surface area contributed by atoms with Crippen molar-refractivity contribution in [3.63, 3.8) is 0 Å². The molecule has 1 N–H and O–H groups in total. The molecule has 0 radical (unpaired) electrons. The van der Waals surface area contributed by atoms with Crippen molar-refractivity contribution in [2.24, 2.45) is 0 Å². The number of halogens is 1. The lowest BCUT2D eigenvalue weighted by atomic mass is 10.2. The largest absolute Gasteiger partial charge is 0.332 e. The Labute approximate surface area is 132 Å². The number of anilines is 1. The first-order chi connectivity index (χ1) is 9.47. The van der Waals surface area contributed by atoms with Crippen LogP contribution in [0.4, 0.5) is 5.69 Å². The number of carbonyl (C=O) groups excluding carboxylic acids is 2. The molecule has 0 bridgehead atoms. The molecule has 0 aliphatic carbocycles. The van der Waals surface area contributed by atoms with Crippen LogP contribution in [-0.2, 0) is 9.59 Å². The minimum atomic E-state index is -0.557. The van der Waals surface area contributed by atoms with E-state index in [-0.39, 0.29) is 0 Å². The van der Waals surface area contributed by atoms with Gasteiger partial charge < -0.3 is 15.1 Å². The highest BCUT2D eigenvalue weighted by Crippen LogP contribution is 2.17. The summed E-state index contributed by atoms with van der Waals surface area (Å²) in [6.07, 6.45) is 0. The Hall–Kier alpha value is -1.15. The lowest BCUT2D eigenvalue weighted by Gasteiger charge is -2.31. The Morgan fingerprint density at radius 1 is 1.20 bits per heavy atom. The third kappa shape index (κ3) is 3.69. The predicted octanol–water partition coefficient (Wildman–Crippen LogP) is 1.31. The van der Waals surface area contributed by atoms with Gasteiger partial charge in [-0.05, 0) is 60.3 Å². The third-order valence-electron chi connectivity index (χ3n) is 3.42. The Bertz CT molecular complexity index is 525. The molecule has 0 atom stereocenters. The Kier molecular flexibility index (Phi) is 4.98. The van der Waals surface area contributed by atoms with E-state index in [1.54, 1.807) is 4.90 Å². The Morgan fingerprint density at radius 3 is 2.45 bits per heavy atom. The molecule has 0 aromatic heterocycles. The van der Waals surface area contributed by atoms with Crippen molar-refractivity contribution in [2.75, 3.05) is 38.5 Å². The van der Waals surface area contributed by atoms with Crippen LogP contribution < -0.4 is 5.32 Å². The molecule has 1 aliphatic heterocycles. The van der Waals surface area contributed by atoms with Crippen molar-refractivity contribution in [1.29, 1.82) is 0 Å². The fourth-order valence-electron chi connectivity index (χ4n) is 2.10. The van der Waals surface area contributed by atoms with Gasteiger partial charge in [0.25, 0.3) is 0 Å². The van der Waals surface area contributed by atoms with Crippen LogP contribution in [0.2, 0.25) is 0 Å². The van der Waals surface area contributed by atoms with Gasteiger partial charge in [-0.3, -0.25) is 9.59 Å². The molecule has 6 heteroatoms. The summed E-state index contributed by atoms with van der Waals surface area (Å²) in [6.45, 7) is 4.74. The van der Waals surface area contributed by atoms with E-state index in [1.807, 2.05) is 32.2 Å². The molecule has 108 valence electrons. The van der Waals surface area contributed by atoms with E-state index in [1.165, 1.54) is 0 Å². The third-order valence-corrected chi connectivity index (χ3v) is 4.09. The highest BCUT2D eigenvalue weighted by Gasteiger charge is 2.25. The summed E-state index contributed by atoms with van der Waals surface area (Å²) in [7, 11) is 2.01. The van der Waals surface area contributed by atoms with Crippen molar-refractivity contribution in [2.45, 2.75) is 6.92 Å². The van der Waals surface area contributed by atoms with Crippen LogP contribution in [0, 0.1) is 10.5 Å². The zero-order valence-electron chi connectivity index (χ0n) is 11.6. The van der Waals surface area contributed by atoms with Gasteiger partial charge in [0.05, 0.1) is 0 Å². The van der Waals surface area contributed by atoms with E-state index in [2.05, 4.69) is 32.8 Å². The van der Waals surface area contributed by atoms with E-state index >= 15 is 0 Å². The molecule has 2 amide bonds. The van der Waals surface area contributed by atoms with Crippen molar-refractivity contribution in [1.82, 2.24) is 9.80 Å². The summed E-state index contributed by atoms with van der Waals surface area (Å²) in [4.78, 5) is 27.8. The van der Waals surface area contributed by atoms with Crippen LogP contribution in [0.1, 0.15) is 5.56 Å². The molecule has 0 saturated carbocycles. The normalized spacial score (nSPS) is 16.1. The first kappa shape index (κ1) is 15.2. The van der Waals surface area contributed by atoms with Crippen molar-refractivity contribution >= 4 is 40.1 Å². The van der Waals surface area contributed by atoms with E-state index < -0.39 is 11.8 Å². The van der Waals surface area contributed by atoms with E-state index in [9.17, 15) is 9.59 Å². The highest BCUT2D eigenvalue weighted by molar-refractivity contribution is 14.1. The predicted molar refractivity (Wildman–Crippen MR) is 86.6 cm³/mol. The lowest BCUT2D eigenvalue weighted by molar-refractivity contribution is -0.144. The molecule has 1 heterocycles. The number of rotatable bonds is 1. The number of nitrogens with one attached hydrogen (secondary N) is 1. The number of nitrogens with zero attached hydrogens (tertiary/aromatic N) is 2. The second-order valence-electron chi connectivity index (χ2n) is 5.01. The molecule has 1 aliphatic rings. The summed E-state index contributed by atoms with van der Waals surface area (Å²) in [6, 6.07) is 5.70. The Morgan fingerprint density at radius 2 is 1.85 bits per heavy atom. The Balaban J connectivity index is 1.99. The number of piperazine rings is 1. The monoisotopic (exact) mass is 387 g/mol. The molecule has 2 rings (SSSR count). The van der Waals surface area contributed by atoms with Gasteiger partial charge in [-0.25, -0.2) is 0 Å². The topological polar surface area (TPSA) is 52.7 Å². The number of benzene rings is 1. The zero-order chi connectivity index (χ0) is 14.7. The second-order valence-corrected chi connectivity index (χ2v) is 6.25. The standard InChI is InChI=1S/C14H18IN3O2/c1-10-9-11(15)3-4-12(10)16-13(19)14(20)18-7-5-17(2)6-8-18/h3-4,9H,5-8H2,1-2H3,(H,16,19). The average Bonchev–Trinajstić information content (AvgIpc) is 2.42. The maximum absolute atomic E-state index is 12.1. The summed E-state index contributed by atoms with van der Waals surface area (Å²) in [5.41, 5.74) is 1.65. The molecule has 0 spiro atoms. The van der Waals surface area contributed by atoms with Gasteiger partial charge in [0.2, 0.25) is 0 Å². The van der Waals surface area contributed by atoms with Gasteiger partial charge in [0.1, 0.15) is 0 Å². The van der Waals surface area contributed by atoms with Gasteiger partial charge >= 0.3 is 11.8 Å². The summed E-state index contributed by atoms with van der Waals surface area (Å²) in [5, 5.41) is 2.70. The van der Waals surface area contributed by atoms with Gasteiger partial charge in [0.15, 0.2) is 0 Å². The van der Waals surface area contributed by atoms with Gasteiger partial charge in [-0.2, -0.15) is 0 Å². The fraction of sp³-hybridized carbons (Fsp3) is 0.429. The van der Waals surface area contributed by atoms with Gasteiger partial charge in [-0.15, -0.1) is 0 Å². The smallest absolute Gasteiger partial charge is 0.313 e. The SMILES string of the molecule is Cc1cc(I)ccc1NC(=O)C(=O)N1CCN(C)CC1. The summed E-state index contributed by atoms with van der Waals surface area (Å²) < 4.78 is 1.10. The zero-order valence-corrected chi connectivity index (χ0v) is 13.8. The first-order valence-corrected chi connectivity index (χ1v) is 7.60. The maximum Gasteiger partial charge on any atom is 0.313 e. The van der Waals surface area contributed by atoms with Crippen molar-refractivity contribution < 1.29 is 9.59 Å². The lowest BCUT2D eigenvalue weighted by Crippen LogP contribution is -2.50. The molecule has 1 aromatic rings. The molecule has 0 unspecified atom stereocenters. The number of likely N-dealkylation sites (N-methyl/N-ethyl adjacent to an activating group) is 1. The molecule has 1 fully saturated rings. The summed E-state index contributed by atoms with van der Waals surface area (Å²) in [5.74, 6) is -1.00. The van der Waals surface area contributed by atoms with Crippen LogP contribution in [0.15, 0.2) is 18.2 Å². The average molecular weight is 387 g/mol. The highest BCUT2D eigenvalue weighted by atomic mass is 127. The van der Waals surface area contributed by atoms with Crippen molar-refractivity contribution in [3.05, 3.63) is 27.3 Å². The fourth-order valence-corrected chi connectivity index (χ4v) is 2.74. The first-order valence-electron chi connectivity index (χ1n) is 6.52. The molecular formula is C14H18IN3O2. The molecule has 5 nitrogen and oxygen atoms in total. The minimum absolute atomic E-state index is 0.448. The second kappa shape index (κ2) is 6.53. The quantitative estimate of drug-likeness (QED) is 0.584. The molecular weight excluding hydrogens is 369 g/mol. The maximum atomic E-state index is 12.1. The van der Waals surface area contributed by atoms with Crippen LogP contribution in [0.5, 0.6) is 0 Å². The van der Waals surface area contributed by atoms with Crippen LogP contribution in [-0.4, -0.2) is 54.8 Å². The number of hydrogen-bond donors (Lipinski definition) is 1. The molecule has 20 heavy (non-hydrogen) atoms. The summed E-state index contributed by atoms with van der Waals surface area (Å²) >= 11 is 2.21. The number of amides is 2. The van der Waals surface area contributed by atoms with E-state index in [0.29, 0.717) is 18.8 Å². The number of carbonyl (C=O) groups is 2. The number of hydrogen-bond acceptors (Lipinski definition) is 3. The van der Waals surface area contributed by atoms with Crippen LogP contribution in [0.25, 0.3) is 0 Å². The van der Waals surface area contributed by atoms with Crippen LogP contribution >= 0.6 is 22.6 Å². The minimum Gasteiger partial charge on any atom is -0.332 e. The van der Waals surface area contributed by atoms with Crippen LogP contribution in [0.3, 0.4) is 0 Å². The van der Waals surface area contributed by atoms with Gasteiger partial charge in [0, 0.05) is 35.4 Å².